The summed E-state index contributed by atoms with van der Waals surface area (Å²) >= 11 is 0. The Hall–Kier alpha value is -2.09. The molecule has 0 N–H and O–H groups in total. The molecule has 0 atom stereocenters. The van der Waals surface area contributed by atoms with Crippen molar-refractivity contribution in [3.8, 4) is 11.1 Å². The molecule has 1 aliphatic carbocycles. The number of fused-ring (bicyclic) bond motifs is 3. The number of rotatable bonds is 2. The smallest absolute Gasteiger partial charge is 0.227 e. The lowest BCUT2D eigenvalue weighted by molar-refractivity contribution is -0.117. The first-order valence-electron chi connectivity index (χ1n) is 7.83. The predicted molar refractivity (Wildman–Crippen MR) is 85.6 cm³/mol. The Kier molecular flexibility index (Phi) is 2.85. The van der Waals surface area contributed by atoms with Gasteiger partial charge in [0.2, 0.25) is 5.91 Å². The van der Waals surface area contributed by atoms with E-state index in [1.54, 1.807) is 0 Å². The summed E-state index contributed by atoms with van der Waals surface area (Å²) in [5, 5.41) is 0. The molecule has 21 heavy (non-hydrogen) atoms. The Balaban J connectivity index is 1.87. The second-order valence-electron chi connectivity index (χ2n) is 5.93. The second-order valence-corrected chi connectivity index (χ2v) is 5.93. The van der Waals surface area contributed by atoms with E-state index in [0.29, 0.717) is 6.42 Å². The van der Waals surface area contributed by atoms with Gasteiger partial charge in [0, 0.05) is 18.7 Å². The molecule has 1 heterocycles. The fourth-order valence-corrected chi connectivity index (χ4v) is 3.81. The average Bonchev–Trinajstić information content (AvgIpc) is 3.09. The molecule has 1 amide bonds. The number of amides is 1. The zero-order chi connectivity index (χ0) is 14.4. The molecule has 0 radical (unpaired) electrons. The number of hydrogen-bond donors (Lipinski definition) is 0. The third-order valence-electron chi connectivity index (χ3n) is 4.80. The Labute approximate surface area is 125 Å². The summed E-state index contributed by atoms with van der Waals surface area (Å²) in [6.07, 6.45) is 3.67. The number of hydrogen-bond acceptors (Lipinski definition) is 1. The Morgan fingerprint density at radius 2 is 1.95 bits per heavy atom. The summed E-state index contributed by atoms with van der Waals surface area (Å²) in [4.78, 5) is 14.1. The summed E-state index contributed by atoms with van der Waals surface area (Å²) in [5.74, 6) is 0.278. The molecule has 0 aromatic heterocycles. The molecule has 0 saturated carbocycles. The molecule has 2 aliphatic rings. The number of carbonyl (C=O) groups excluding carboxylic acids is 1. The summed E-state index contributed by atoms with van der Waals surface area (Å²) in [5.41, 5.74) is 8.06. The van der Waals surface area contributed by atoms with Crippen LogP contribution in [0.1, 0.15) is 36.5 Å². The first-order chi connectivity index (χ1) is 10.3. The molecule has 1 aliphatic heterocycles. The van der Waals surface area contributed by atoms with Gasteiger partial charge in [-0.05, 0) is 53.1 Å². The minimum Gasteiger partial charge on any atom is -0.312 e. The van der Waals surface area contributed by atoms with Crippen LogP contribution in [0.5, 0.6) is 0 Å². The van der Waals surface area contributed by atoms with Gasteiger partial charge >= 0.3 is 0 Å². The van der Waals surface area contributed by atoms with Crippen molar-refractivity contribution in [3.05, 3.63) is 53.1 Å². The summed E-state index contributed by atoms with van der Waals surface area (Å²) in [6.45, 7) is 3.07. The van der Waals surface area contributed by atoms with E-state index in [1.807, 2.05) is 4.90 Å². The van der Waals surface area contributed by atoms with Gasteiger partial charge in [0.1, 0.15) is 0 Å². The van der Waals surface area contributed by atoms with Crippen molar-refractivity contribution in [3.63, 3.8) is 0 Å². The second kappa shape index (κ2) is 4.73. The molecular formula is C19H19NO. The van der Waals surface area contributed by atoms with Crippen LogP contribution < -0.4 is 4.90 Å². The maximum Gasteiger partial charge on any atom is 0.227 e. The molecule has 0 spiro atoms. The van der Waals surface area contributed by atoms with E-state index in [4.69, 9.17) is 0 Å². The predicted octanol–water partition coefficient (Wildman–Crippen LogP) is 3.95. The highest BCUT2D eigenvalue weighted by atomic mass is 16.2. The molecule has 2 nitrogen and oxygen atoms in total. The Morgan fingerprint density at radius 3 is 2.71 bits per heavy atom. The van der Waals surface area contributed by atoms with Crippen molar-refractivity contribution in [2.75, 3.05) is 11.4 Å². The van der Waals surface area contributed by atoms with E-state index in [0.717, 1.165) is 31.5 Å². The Bertz CT molecular complexity index is 732. The highest BCUT2D eigenvalue weighted by Crippen LogP contribution is 2.42. The standard InChI is InChI=1S/C19H19NO/c1-2-14-17-12-13-6-3-4-7-15(13)16(17)9-10-18(14)20-11-5-8-19(20)21/h3-4,6-7,9-10H,2,5,8,11-12H2,1H3. The normalized spacial score (nSPS) is 16.2. The molecule has 2 heteroatoms. The number of carbonyl (C=O) groups is 1. The SMILES string of the molecule is CCc1c(N2CCCC2=O)ccc2c1Cc1ccccc1-2. The van der Waals surface area contributed by atoms with Crippen LogP contribution in [-0.4, -0.2) is 12.5 Å². The van der Waals surface area contributed by atoms with E-state index in [9.17, 15) is 4.79 Å². The van der Waals surface area contributed by atoms with Crippen LogP contribution in [0.2, 0.25) is 0 Å². The van der Waals surface area contributed by atoms with Gasteiger partial charge in [0.25, 0.3) is 0 Å². The minimum absolute atomic E-state index is 0.278. The minimum atomic E-state index is 0.278. The van der Waals surface area contributed by atoms with Crippen molar-refractivity contribution in [1.82, 2.24) is 0 Å². The fourth-order valence-electron chi connectivity index (χ4n) is 3.81. The third kappa shape index (κ3) is 1.82. The lowest BCUT2D eigenvalue weighted by atomic mass is 9.97. The molecule has 106 valence electrons. The molecule has 1 fully saturated rings. The number of nitrogens with zero attached hydrogens (tertiary/aromatic N) is 1. The Morgan fingerprint density at radius 1 is 1.10 bits per heavy atom. The van der Waals surface area contributed by atoms with Crippen LogP contribution in [0.4, 0.5) is 5.69 Å². The van der Waals surface area contributed by atoms with Gasteiger partial charge in [-0.1, -0.05) is 37.3 Å². The van der Waals surface area contributed by atoms with Crippen molar-refractivity contribution in [2.24, 2.45) is 0 Å². The highest BCUT2D eigenvalue weighted by Gasteiger charge is 2.27. The third-order valence-corrected chi connectivity index (χ3v) is 4.80. The zero-order valence-electron chi connectivity index (χ0n) is 12.4. The topological polar surface area (TPSA) is 20.3 Å². The van der Waals surface area contributed by atoms with Crippen LogP contribution in [0, 0.1) is 0 Å². The molecule has 2 aromatic rings. The van der Waals surface area contributed by atoms with Gasteiger partial charge in [-0.25, -0.2) is 0 Å². The zero-order valence-corrected chi connectivity index (χ0v) is 12.4. The van der Waals surface area contributed by atoms with E-state index < -0.39 is 0 Å². The van der Waals surface area contributed by atoms with Gasteiger partial charge in [0.05, 0.1) is 0 Å². The quantitative estimate of drug-likeness (QED) is 0.694. The van der Waals surface area contributed by atoms with E-state index >= 15 is 0 Å². The molecule has 2 aromatic carbocycles. The van der Waals surface area contributed by atoms with Crippen LogP contribution in [0.25, 0.3) is 11.1 Å². The summed E-state index contributed by atoms with van der Waals surface area (Å²) in [6, 6.07) is 13.0. The van der Waals surface area contributed by atoms with Gasteiger partial charge < -0.3 is 4.90 Å². The van der Waals surface area contributed by atoms with Crippen LogP contribution in [-0.2, 0) is 17.6 Å². The average molecular weight is 277 g/mol. The molecule has 0 unspecified atom stereocenters. The van der Waals surface area contributed by atoms with Gasteiger partial charge in [0.15, 0.2) is 0 Å². The maximum absolute atomic E-state index is 12.1. The molecular weight excluding hydrogens is 258 g/mol. The molecule has 0 bridgehead atoms. The lowest BCUT2D eigenvalue weighted by Gasteiger charge is -2.22. The monoisotopic (exact) mass is 277 g/mol. The highest BCUT2D eigenvalue weighted by molar-refractivity contribution is 5.97. The maximum atomic E-state index is 12.1. The van der Waals surface area contributed by atoms with Crippen LogP contribution in [0.3, 0.4) is 0 Å². The van der Waals surface area contributed by atoms with Gasteiger partial charge in [-0.2, -0.15) is 0 Å². The number of benzene rings is 2. The lowest BCUT2D eigenvalue weighted by Crippen LogP contribution is -2.25. The summed E-state index contributed by atoms with van der Waals surface area (Å²) in [7, 11) is 0. The largest absolute Gasteiger partial charge is 0.312 e. The van der Waals surface area contributed by atoms with Crippen molar-refractivity contribution >= 4 is 11.6 Å². The van der Waals surface area contributed by atoms with Gasteiger partial charge in [-0.15, -0.1) is 0 Å². The number of anilines is 1. The van der Waals surface area contributed by atoms with Gasteiger partial charge in [-0.3, -0.25) is 4.79 Å². The van der Waals surface area contributed by atoms with E-state index in [1.165, 1.54) is 27.8 Å². The van der Waals surface area contributed by atoms with E-state index in [2.05, 4.69) is 43.3 Å². The molecule has 1 saturated heterocycles. The van der Waals surface area contributed by atoms with E-state index in [-0.39, 0.29) is 5.91 Å². The first-order valence-corrected chi connectivity index (χ1v) is 7.83. The first kappa shape index (κ1) is 12.6. The van der Waals surface area contributed by atoms with Crippen molar-refractivity contribution < 1.29 is 4.79 Å². The van der Waals surface area contributed by atoms with Crippen LogP contribution >= 0.6 is 0 Å². The van der Waals surface area contributed by atoms with Crippen LogP contribution in [0.15, 0.2) is 36.4 Å². The molecule has 4 rings (SSSR count). The van der Waals surface area contributed by atoms with Crippen molar-refractivity contribution in [2.45, 2.75) is 32.6 Å². The summed E-state index contributed by atoms with van der Waals surface area (Å²) < 4.78 is 0. The van der Waals surface area contributed by atoms with Crippen molar-refractivity contribution in [1.29, 1.82) is 0 Å². The fraction of sp³-hybridized carbons (Fsp3) is 0.316.